The molecule has 0 radical (unpaired) electrons. The molecule has 2 aliphatic carbocycles. The van der Waals surface area contributed by atoms with E-state index >= 15 is 0 Å². The molecule has 3 nitrogen and oxygen atoms in total. The van der Waals surface area contributed by atoms with Crippen LogP contribution in [0.1, 0.15) is 129 Å². The van der Waals surface area contributed by atoms with Crippen molar-refractivity contribution in [2.75, 3.05) is 5.32 Å². The molecule has 12 rings (SSSR count). The molecule has 0 atom stereocenters. The van der Waals surface area contributed by atoms with Gasteiger partial charge < -0.3 is 14.3 Å². The van der Waals surface area contributed by atoms with Crippen LogP contribution in [0.4, 0.5) is 11.4 Å². The van der Waals surface area contributed by atoms with E-state index in [4.69, 9.17) is 4.42 Å². The van der Waals surface area contributed by atoms with Gasteiger partial charge in [-0.05, 0) is 139 Å². The lowest BCUT2D eigenvalue weighted by Gasteiger charge is -2.42. The Hall–Kier alpha value is -6.00. The second-order valence-electron chi connectivity index (χ2n) is 23.8. The molecule has 1 aliphatic heterocycles. The molecular formula is C61H61BN2O. The number of rotatable bonds is 3. The van der Waals surface area contributed by atoms with E-state index in [0.717, 1.165) is 40.6 Å². The first kappa shape index (κ1) is 40.5. The van der Waals surface area contributed by atoms with Crippen LogP contribution in [0.2, 0.25) is 0 Å². The molecule has 324 valence electrons. The summed E-state index contributed by atoms with van der Waals surface area (Å²) in [6, 6.07) is 44.6. The summed E-state index contributed by atoms with van der Waals surface area (Å²) in [6.45, 7) is 28.6. The fourth-order valence-electron chi connectivity index (χ4n) is 12.0. The summed E-state index contributed by atoms with van der Waals surface area (Å²) in [5.41, 5.74) is 24.6. The first-order chi connectivity index (χ1) is 30.7. The van der Waals surface area contributed by atoms with Gasteiger partial charge in [-0.1, -0.05) is 149 Å². The molecule has 2 aromatic heterocycles. The number of para-hydroxylation sites is 1. The van der Waals surface area contributed by atoms with Crippen LogP contribution in [-0.2, 0) is 27.1 Å². The molecule has 4 heteroatoms. The van der Waals surface area contributed by atoms with Gasteiger partial charge in [-0.25, -0.2) is 0 Å². The van der Waals surface area contributed by atoms with E-state index in [1.165, 1.54) is 107 Å². The molecule has 3 aliphatic rings. The van der Waals surface area contributed by atoms with Crippen molar-refractivity contribution >= 4 is 73.3 Å². The minimum atomic E-state index is -0.180. The lowest BCUT2D eigenvalue weighted by molar-refractivity contribution is 0.331. The average Bonchev–Trinajstić information content (AvgIpc) is 3.85. The third-order valence-corrected chi connectivity index (χ3v) is 16.2. The number of nitrogens with zero attached hydrogens (tertiary/aromatic N) is 1. The van der Waals surface area contributed by atoms with Crippen LogP contribution in [0.15, 0.2) is 120 Å². The molecule has 0 unspecified atom stereocenters. The first-order valence-electron chi connectivity index (χ1n) is 24.0. The Bertz CT molecular complexity index is 3520. The maximum Gasteiger partial charge on any atom is 0.198 e. The highest BCUT2D eigenvalue weighted by Crippen LogP contribution is 2.56. The molecule has 0 fully saturated rings. The number of furan rings is 1. The van der Waals surface area contributed by atoms with E-state index in [0.29, 0.717) is 0 Å². The van der Waals surface area contributed by atoms with Crippen molar-refractivity contribution in [2.24, 2.45) is 0 Å². The summed E-state index contributed by atoms with van der Waals surface area (Å²) in [7, 11) is 0.846. The monoisotopic (exact) mass is 848 g/mol. The number of anilines is 2. The van der Waals surface area contributed by atoms with Crippen molar-refractivity contribution in [2.45, 2.75) is 123 Å². The molecule has 9 aromatic rings. The van der Waals surface area contributed by atoms with Crippen LogP contribution in [0.3, 0.4) is 0 Å². The average molecular weight is 849 g/mol. The van der Waals surface area contributed by atoms with Crippen molar-refractivity contribution in [3.8, 4) is 27.9 Å². The third-order valence-electron chi connectivity index (χ3n) is 16.2. The minimum Gasteiger partial charge on any atom is -0.456 e. The molecular weight excluding hydrogens is 787 g/mol. The summed E-state index contributed by atoms with van der Waals surface area (Å²) >= 11 is 0. The van der Waals surface area contributed by atoms with Crippen molar-refractivity contribution in [1.29, 1.82) is 0 Å². The molecule has 1 N–H and O–H groups in total. The number of nitrogens with one attached hydrogen (secondary N) is 1. The van der Waals surface area contributed by atoms with Crippen LogP contribution < -0.4 is 16.2 Å². The Kier molecular flexibility index (Phi) is 8.16. The van der Waals surface area contributed by atoms with Gasteiger partial charge in [-0.3, -0.25) is 0 Å². The largest absolute Gasteiger partial charge is 0.456 e. The summed E-state index contributed by atoms with van der Waals surface area (Å²) in [4.78, 5) is 0. The number of hydrogen-bond acceptors (Lipinski definition) is 2. The molecule has 0 bridgehead atoms. The zero-order chi connectivity index (χ0) is 45.3. The van der Waals surface area contributed by atoms with Crippen LogP contribution in [-0.4, -0.2) is 11.8 Å². The Morgan fingerprint density at radius 1 is 0.538 bits per heavy atom. The van der Waals surface area contributed by atoms with E-state index in [-0.39, 0.29) is 27.1 Å². The van der Waals surface area contributed by atoms with Crippen LogP contribution in [0.5, 0.6) is 0 Å². The SMILES string of the molecule is CC(C)(C)c1ccc(Nc2cc3c(cc2-c2ccc4c5cc6c(cc5n5c4c2Bc2cc(C(C)(C)C)ccc2-5)oc2ccccc26)C(C)(C)c2cc4c(cc2-3)C(C)(C)CCC4(C)C)cc1. The highest BCUT2D eigenvalue weighted by atomic mass is 16.3. The molecule has 7 aromatic carbocycles. The normalized spacial score (nSPS) is 16.7. The van der Waals surface area contributed by atoms with Crippen molar-refractivity contribution in [3.05, 3.63) is 149 Å². The number of hydrogen-bond donors (Lipinski definition) is 1. The number of benzene rings is 7. The molecule has 0 saturated heterocycles. The van der Waals surface area contributed by atoms with Gasteiger partial charge in [0.05, 0.1) is 5.52 Å². The van der Waals surface area contributed by atoms with E-state index in [1.54, 1.807) is 0 Å². The fraction of sp³-hybridized carbons (Fsp3) is 0.311. The van der Waals surface area contributed by atoms with Crippen molar-refractivity contribution in [3.63, 3.8) is 0 Å². The Morgan fingerprint density at radius 2 is 1.18 bits per heavy atom. The molecule has 0 saturated carbocycles. The summed E-state index contributed by atoms with van der Waals surface area (Å²) in [6.07, 6.45) is 2.40. The van der Waals surface area contributed by atoms with Gasteiger partial charge in [0.15, 0.2) is 7.28 Å². The summed E-state index contributed by atoms with van der Waals surface area (Å²) < 4.78 is 9.13. The predicted molar refractivity (Wildman–Crippen MR) is 280 cm³/mol. The van der Waals surface area contributed by atoms with E-state index in [1.807, 2.05) is 0 Å². The van der Waals surface area contributed by atoms with Crippen LogP contribution in [0, 0.1) is 0 Å². The van der Waals surface area contributed by atoms with Crippen molar-refractivity contribution in [1.82, 2.24) is 4.57 Å². The second kappa shape index (κ2) is 13.1. The topological polar surface area (TPSA) is 30.1 Å². The van der Waals surface area contributed by atoms with Gasteiger partial charge in [-0.15, -0.1) is 0 Å². The van der Waals surface area contributed by atoms with Gasteiger partial charge in [0.2, 0.25) is 0 Å². The molecule has 3 heterocycles. The quantitative estimate of drug-likeness (QED) is 0.180. The lowest BCUT2D eigenvalue weighted by atomic mass is 9.58. The second-order valence-corrected chi connectivity index (χ2v) is 23.8. The summed E-state index contributed by atoms with van der Waals surface area (Å²) in [5, 5.41) is 8.92. The molecule has 0 amide bonds. The minimum absolute atomic E-state index is 0.0210. The van der Waals surface area contributed by atoms with Gasteiger partial charge in [0, 0.05) is 61.2 Å². The number of aromatic nitrogens is 1. The fourth-order valence-corrected chi connectivity index (χ4v) is 12.0. The van der Waals surface area contributed by atoms with Crippen LogP contribution in [0.25, 0.3) is 71.7 Å². The summed E-state index contributed by atoms with van der Waals surface area (Å²) in [5.74, 6) is 0. The number of fused-ring (bicyclic) bond motifs is 12. The highest BCUT2D eigenvalue weighted by Gasteiger charge is 2.43. The lowest BCUT2D eigenvalue weighted by Crippen LogP contribution is -2.38. The van der Waals surface area contributed by atoms with Gasteiger partial charge in [-0.2, -0.15) is 0 Å². The smallest absolute Gasteiger partial charge is 0.198 e. The Balaban J connectivity index is 1.14. The maximum atomic E-state index is 6.57. The van der Waals surface area contributed by atoms with Gasteiger partial charge in [0.1, 0.15) is 11.2 Å². The first-order valence-corrected chi connectivity index (χ1v) is 24.0. The van der Waals surface area contributed by atoms with Crippen molar-refractivity contribution < 1.29 is 4.42 Å². The predicted octanol–water partition coefficient (Wildman–Crippen LogP) is 15.0. The highest BCUT2D eigenvalue weighted by molar-refractivity contribution is 6.73. The van der Waals surface area contributed by atoms with E-state index < -0.39 is 0 Å². The maximum absolute atomic E-state index is 6.57. The Labute approximate surface area is 385 Å². The van der Waals surface area contributed by atoms with E-state index in [2.05, 4.69) is 208 Å². The van der Waals surface area contributed by atoms with Gasteiger partial charge >= 0.3 is 0 Å². The third kappa shape index (κ3) is 5.87. The zero-order valence-corrected chi connectivity index (χ0v) is 40.4. The standard InChI is InChI=1S/C61H61BN2O/c1-57(2,3)34-17-20-36(21-18-34)63-50-31-41-40-29-47-48(60(9,10)26-25-59(47,7)8)32-46(40)61(11,12)45(41)30-42(50)38-22-23-39-43-28-44-37-15-13-14-16-53(37)65-54(44)33-52(43)64-51-24-19-35(58(4,5)6)27-49(51)62-55(38)56(39)64/h13-24,27-33,62-63H,25-26H2,1-12H3. The molecule has 65 heavy (non-hydrogen) atoms. The van der Waals surface area contributed by atoms with Gasteiger partial charge in [0.25, 0.3) is 0 Å². The Morgan fingerprint density at radius 3 is 1.91 bits per heavy atom. The molecule has 0 spiro atoms. The zero-order valence-electron chi connectivity index (χ0n) is 40.4. The van der Waals surface area contributed by atoms with Crippen LogP contribution >= 0.6 is 0 Å². The van der Waals surface area contributed by atoms with E-state index in [9.17, 15) is 0 Å².